The van der Waals surface area contributed by atoms with Crippen molar-refractivity contribution < 1.29 is 28.5 Å². The summed E-state index contributed by atoms with van der Waals surface area (Å²) in [6.07, 6.45) is 2.31. The minimum Gasteiger partial charge on any atom is -0.493 e. The van der Waals surface area contributed by atoms with E-state index in [9.17, 15) is 4.79 Å². The summed E-state index contributed by atoms with van der Waals surface area (Å²) < 4.78 is 27.8. The molecule has 0 saturated carbocycles. The van der Waals surface area contributed by atoms with Gasteiger partial charge in [-0.25, -0.2) is 0 Å². The Bertz CT molecular complexity index is 1010. The van der Waals surface area contributed by atoms with Crippen molar-refractivity contribution in [1.29, 1.82) is 0 Å². The number of nitrogens with zero attached hydrogens (tertiary/aromatic N) is 1. The molecule has 0 unspecified atom stereocenters. The Morgan fingerprint density at radius 2 is 1.64 bits per heavy atom. The summed E-state index contributed by atoms with van der Waals surface area (Å²) in [5.41, 5.74) is 2.41. The van der Waals surface area contributed by atoms with Crippen LogP contribution in [0.4, 0.5) is 0 Å². The average molecular weight is 456 g/mol. The second-order valence-electron chi connectivity index (χ2n) is 8.64. The Kier molecular flexibility index (Phi) is 6.70. The lowest BCUT2D eigenvalue weighted by molar-refractivity contribution is -0.145. The van der Waals surface area contributed by atoms with Crippen LogP contribution < -0.4 is 18.9 Å². The number of methoxy groups -OCH3 is 4. The third-order valence-electron chi connectivity index (χ3n) is 7.03. The van der Waals surface area contributed by atoms with E-state index >= 15 is 0 Å². The zero-order valence-corrected chi connectivity index (χ0v) is 20.1. The Morgan fingerprint density at radius 1 is 0.970 bits per heavy atom. The van der Waals surface area contributed by atoms with Crippen LogP contribution >= 0.6 is 0 Å². The highest BCUT2D eigenvalue weighted by Crippen LogP contribution is 2.43. The van der Waals surface area contributed by atoms with Crippen LogP contribution in [0.25, 0.3) is 0 Å². The quantitative estimate of drug-likeness (QED) is 0.658. The number of amides is 1. The lowest BCUT2D eigenvalue weighted by Crippen LogP contribution is -2.53. The van der Waals surface area contributed by atoms with Crippen molar-refractivity contribution in [3.63, 3.8) is 0 Å². The van der Waals surface area contributed by atoms with Crippen molar-refractivity contribution in [2.24, 2.45) is 0 Å². The summed E-state index contributed by atoms with van der Waals surface area (Å²) >= 11 is 0. The van der Waals surface area contributed by atoms with Gasteiger partial charge < -0.3 is 28.6 Å². The van der Waals surface area contributed by atoms with Crippen molar-refractivity contribution in [2.75, 3.05) is 48.2 Å². The number of ether oxygens (including phenoxy) is 5. The van der Waals surface area contributed by atoms with E-state index in [-0.39, 0.29) is 11.9 Å². The summed E-state index contributed by atoms with van der Waals surface area (Å²) in [6.45, 7) is 3.73. The first kappa shape index (κ1) is 23.2. The van der Waals surface area contributed by atoms with E-state index < -0.39 is 5.41 Å². The number of rotatable bonds is 6. The van der Waals surface area contributed by atoms with Gasteiger partial charge in [-0.2, -0.15) is 0 Å². The van der Waals surface area contributed by atoms with Crippen molar-refractivity contribution in [3.8, 4) is 23.0 Å². The molecule has 178 valence electrons. The van der Waals surface area contributed by atoms with E-state index in [0.717, 1.165) is 30.4 Å². The molecular formula is C26H33NO6. The van der Waals surface area contributed by atoms with Gasteiger partial charge in [0.1, 0.15) is 0 Å². The van der Waals surface area contributed by atoms with E-state index in [0.29, 0.717) is 42.8 Å². The summed E-state index contributed by atoms with van der Waals surface area (Å²) in [6, 6.07) is 9.68. The Morgan fingerprint density at radius 3 is 2.27 bits per heavy atom. The molecule has 0 N–H and O–H groups in total. The molecule has 0 aromatic heterocycles. The van der Waals surface area contributed by atoms with E-state index in [4.69, 9.17) is 23.7 Å². The lowest BCUT2D eigenvalue weighted by atomic mass is 9.74. The third-order valence-corrected chi connectivity index (χ3v) is 7.03. The minimum absolute atomic E-state index is 0.0855. The fraction of sp³-hybridized carbons (Fsp3) is 0.500. The Hall–Kier alpha value is -2.93. The summed E-state index contributed by atoms with van der Waals surface area (Å²) in [7, 11) is 6.49. The Labute approximate surface area is 195 Å². The van der Waals surface area contributed by atoms with Gasteiger partial charge in [0.25, 0.3) is 0 Å². The number of benzene rings is 2. The molecule has 0 spiro atoms. The summed E-state index contributed by atoms with van der Waals surface area (Å²) in [4.78, 5) is 16.2. The molecular weight excluding hydrogens is 422 g/mol. The predicted molar refractivity (Wildman–Crippen MR) is 125 cm³/mol. The number of carbonyl (C=O) groups is 1. The maximum Gasteiger partial charge on any atom is 0.236 e. The zero-order chi connectivity index (χ0) is 23.6. The minimum atomic E-state index is -0.764. The van der Waals surface area contributed by atoms with Gasteiger partial charge in [0.05, 0.1) is 46.5 Å². The van der Waals surface area contributed by atoms with Crippen LogP contribution in [-0.2, 0) is 21.4 Å². The van der Waals surface area contributed by atoms with E-state index in [2.05, 4.69) is 6.92 Å². The maximum atomic E-state index is 14.2. The fourth-order valence-corrected chi connectivity index (χ4v) is 5.15. The standard InChI is InChI=1S/C26H33NO6/c1-17-20-15-24(32-5)22(30-3)13-18(20)9-11-27(17)25(28)26(10-6-12-33-16-26)19-7-8-21(29-2)23(14-19)31-4/h7-8,13-15,17H,6,9-12,16H2,1-5H3/t17-,26-/m1/s1. The second-order valence-corrected chi connectivity index (χ2v) is 8.64. The van der Waals surface area contributed by atoms with Crippen LogP contribution in [-0.4, -0.2) is 59.0 Å². The molecule has 0 aliphatic carbocycles. The largest absolute Gasteiger partial charge is 0.493 e. The van der Waals surface area contributed by atoms with Crippen molar-refractivity contribution in [3.05, 3.63) is 47.0 Å². The SMILES string of the molecule is COc1ccc([C@@]2(C(=O)N3CCc4cc(OC)c(OC)cc4[C@H]3C)CCCOC2)cc1OC. The molecule has 2 aromatic rings. The van der Waals surface area contributed by atoms with Gasteiger partial charge in [-0.1, -0.05) is 6.07 Å². The molecule has 7 heteroatoms. The number of fused-ring (bicyclic) bond motifs is 1. The molecule has 33 heavy (non-hydrogen) atoms. The van der Waals surface area contributed by atoms with Crippen molar-refractivity contribution in [1.82, 2.24) is 4.90 Å². The molecule has 0 radical (unpaired) electrons. The van der Waals surface area contributed by atoms with Crippen LogP contribution in [0.2, 0.25) is 0 Å². The van der Waals surface area contributed by atoms with Gasteiger partial charge in [-0.15, -0.1) is 0 Å². The van der Waals surface area contributed by atoms with E-state index in [1.165, 1.54) is 5.56 Å². The van der Waals surface area contributed by atoms with E-state index in [1.807, 2.05) is 35.2 Å². The number of hydrogen-bond donors (Lipinski definition) is 0. The fourth-order valence-electron chi connectivity index (χ4n) is 5.15. The summed E-state index contributed by atoms with van der Waals surface area (Å²) in [5.74, 6) is 2.73. The average Bonchev–Trinajstić information content (AvgIpc) is 2.87. The number of carbonyl (C=O) groups excluding carboxylic acids is 1. The molecule has 7 nitrogen and oxygen atoms in total. The lowest BCUT2D eigenvalue weighted by Gasteiger charge is -2.44. The normalized spacial score (nSPS) is 22.3. The van der Waals surface area contributed by atoms with Gasteiger partial charge in [0.2, 0.25) is 5.91 Å². The predicted octanol–water partition coefficient (Wildman–Crippen LogP) is 3.92. The Balaban J connectivity index is 1.73. The third kappa shape index (κ3) is 3.99. The molecule has 2 atom stereocenters. The highest BCUT2D eigenvalue weighted by atomic mass is 16.5. The van der Waals surface area contributed by atoms with Crippen LogP contribution in [0.1, 0.15) is 42.5 Å². The monoisotopic (exact) mass is 455 g/mol. The first-order chi connectivity index (χ1) is 16.0. The van der Waals surface area contributed by atoms with E-state index in [1.54, 1.807) is 28.4 Å². The maximum absolute atomic E-state index is 14.2. The van der Waals surface area contributed by atoms with Gasteiger partial charge in [0, 0.05) is 13.2 Å². The first-order valence-electron chi connectivity index (χ1n) is 11.3. The highest BCUT2D eigenvalue weighted by Gasteiger charge is 2.47. The van der Waals surface area contributed by atoms with Crippen LogP contribution in [0.15, 0.2) is 30.3 Å². The van der Waals surface area contributed by atoms with Gasteiger partial charge in [-0.05, 0) is 67.1 Å². The molecule has 2 heterocycles. The van der Waals surface area contributed by atoms with Gasteiger partial charge in [0.15, 0.2) is 23.0 Å². The molecule has 0 bridgehead atoms. The molecule has 2 aliphatic heterocycles. The van der Waals surface area contributed by atoms with Crippen LogP contribution in [0, 0.1) is 0 Å². The molecule has 1 fully saturated rings. The van der Waals surface area contributed by atoms with Crippen molar-refractivity contribution in [2.45, 2.75) is 37.6 Å². The highest BCUT2D eigenvalue weighted by molar-refractivity contribution is 5.89. The first-order valence-corrected chi connectivity index (χ1v) is 11.3. The smallest absolute Gasteiger partial charge is 0.236 e. The topological polar surface area (TPSA) is 66.5 Å². The summed E-state index contributed by atoms with van der Waals surface area (Å²) in [5, 5.41) is 0. The van der Waals surface area contributed by atoms with Crippen LogP contribution in [0.3, 0.4) is 0 Å². The number of hydrogen-bond acceptors (Lipinski definition) is 6. The van der Waals surface area contributed by atoms with Crippen LogP contribution in [0.5, 0.6) is 23.0 Å². The van der Waals surface area contributed by atoms with Crippen molar-refractivity contribution >= 4 is 5.91 Å². The molecule has 2 aliphatic rings. The van der Waals surface area contributed by atoms with Gasteiger partial charge >= 0.3 is 0 Å². The molecule has 4 rings (SSSR count). The zero-order valence-electron chi connectivity index (χ0n) is 20.1. The van der Waals surface area contributed by atoms with Gasteiger partial charge in [-0.3, -0.25) is 4.79 Å². The molecule has 1 amide bonds. The molecule has 1 saturated heterocycles. The molecule has 2 aromatic carbocycles. The second kappa shape index (κ2) is 9.51.